The van der Waals surface area contributed by atoms with E-state index in [2.05, 4.69) is 6.58 Å². The SMILES string of the molecule is C=Cc1c2[n-]c(c1C)/C=C1\[N-]/C(=C3\c4[n-]c(c(C)c4C(=O)[C@@H]3C(=O)OC)/C=c3\[n-]/c(c(C=O)c3CC)=C\2)[C@@H](CCC(=O)OCC=C(C)C)[C@@H]1C.[Mg+2]. The number of fused-ring (bicyclic) bond motifs is 7. The van der Waals surface area contributed by atoms with E-state index >= 15 is 0 Å². The Bertz CT molecular complexity index is 2190. The molecule has 8 bridgehead atoms. The minimum Gasteiger partial charge on any atom is -0.664 e. The molecule has 0 amide bonds. The van der Waals surface area contributed by atoms with E-state index in [0.717, 1.165) is 28.5 Å². The zero-order chi connectivity index (χ0) is 36.0. The maximum Gasteiger partial charge on any atom is 2.00 e. The third-order valence-corrected chi connectivity index (χ3v) is 10.0. The third-order valence-electron chi connectivity index (χ3n) is 10.0. The van der Waals surface area contributed by atoms with Gasteiger partial charge in [-0.3, -0.25) is 19.2 Å². The number of Topliss-reactive ketones (excluding diaryl/α,β-unsaturated/α-hetero) is 1. The van der Waals surface area contributed by atoms with E-state index in [4.69, 9.17) is 29.7 Å². The van der Waals surface area contributed by atoms with Crippen molar-refractivity contribution >= 4 is 76.9 Å². The second kappa shape index (κ2) is 14.9. The van der Waals surface area contributed by atoms with Crippen molar-refractivity contribution in [1.82, 2.24) is 15.0 Å². The molecule has 0 unspecified atom stereocenters. The van der Waals surface area contributed by atoms with Gasteiger partial charge in [-0.25, -0.2) is 0 Å². The topological polar surface area (TPSA) is 143 Å². The molecule has 1 fully saturated rings. The first-order chi connectivity index (χ1) is 23.9. The van der Waals surface area contributed by atoms with Crippen LogP contribution in [0.2, 0.25) is 0 Å². The normalized spacial score (nSPS) is 22.3. The molecule has 0 radical (unpaired) electrons. The number of esters is 2. The minimum atomic E-state index is -1.26. The molecule has 3 aliphatic rings. The average Bonchev–Trinajstić information content (AvgIpc) is 3.83. The van der Waals surface area contributed by atoms with Crippen molar-refractivity contribution in [1.29, 1.82) is 0 Å². The molecule has 260 valence electrons. The van der Waals surface area contributed by atoms with Crippen LogP contribution in [-0.4, -0.2) is 60.8 Å². The second-order valence-corrected chi connectivity index (χ2v) is 13.2. The Morgan fingerprint density at radius 3 is 2.33 bits per heavy atom. The van der Waals surface area contributed by atoms with Crippen LogP contribution in [0.1, 0.15) is 106 Å². The van der Waals surface area contributed by atoms with Crippen LogP contribution in [0.15, 0.2) is 29.6 Å². The molecule has 6 rings (SSSR count). The van der Waals surface area contributed by atoms with Crippen molar-refractivity contribution < 1.29 is 28.7 Å². The van der Waals surface area contributed by atoms with E-state index in [1.54, 1.807) is 25.2 Å². The zero-order valence-electron chi connectivity index (χ0n) is 30.2. The number of nitrogens with zero attached hydrogens (tertiary/aromatic N) is 4. The summed E-state index contributed by atoms with van der Waals surface area (Å²) in [6, 6.07) is 0. The van der Waals surface area contributed by atoms with Gasteiger partial charge >= 0.3 is 35.0 Å². The van der Waals surface area contributed by atoms with Crippen LogP contribution in [-0.2, 0) is 25.5 Å². The summed E-state index contributed by atoms with van der Waals surface area (Å²) in [7, 11) is 1.25. The van der Waals surface area contributed by atoms with Gasteiger partial charge in [-0.15, -0.1) is 33.5 Å². The number of carbonyl (C=O) groups is 4. The molecule has 2 aliphatic heterocycles. The molecule has 5 heterocycles. The molecule has 11 heteroatoms. The van der Waals surface area contributed by atoms with Crippen LogP contribution in [0.4, 0.5) is 0 Å². The van der Waals surface area contributed by atoms with Crippen molar-refractivity contribution in [3.8, 4) is 0 Å². The summed E-state index contributed by atoms with van der Waals surface area (Å²) in [5.41, 5.74) is 8.60. The van der Waals surface area contributed by atoms with Gasteiger partial charge in [0, 0.05) is 17.5 Å². The number of ether oxygens (including phenoxy) is 2. The number of ketones is 1. The van der Waals surface area contributed by atoms with Crippen LogP contribution >= 0.6 is 0 Å². The molecule has 51 heavy (non-hydrogen) atoms. The molecule has 0 saturated carbocycles. The van der Waals surface area contributed by atoms with E-state index in [1.807, 2.05) is 46.8 Å². The van der Waals surface area contributed by atoms with Gasteiger partial charge in [-0.1, -0.05) is 72.6 Å². The Kier molecular flexibility index (Phi) is 11.0. The van der Waals surface area contributed by atoms with Crippen LogP contribution in [0, 0.1) is 31.6 Å². The van der Waals surface area contributed by atoms with Gasteiger partial charge in [0.25, 0.3) is 0 Å². The van der Waals surface area contributed by atoms with Crippen LogP contribution < -0.4 is 25.7 Å². The van der Waals surface area contributed by atoms with Crippen molar-refractivity contribution in [2.24, 2.45) is 17.8 Å². The Morgan fingerprint density at radius 2 is 1.69 bits per heavy atom. The number of allylic oxidation sites excluding steroid dienone is 3. The van der Waals surface area contributed by atoms with Gasteiger partial charge in [0.1, 0.15) is 18.8 Å². The second-order valence-electron chi connectivity index (χ2n) is 13.2. The maximum absolute atomic E-state index is 14.2. The number of carbonyl (C=O) groups excluding carboxylic acids is 4. The first-order valence-electron chi connectivity index (χ1n) is 16.8. The Hall–Kier alpha value is -4.61. The third kappa shape index (κ3) is 6.53. The number of aromatic nitrogens is 3. The summed E-state index contributed by atoms with van der Waals surface area (Å²) in [6.45, 7) is 15.8. The maximum atomic E-state index is 14.2. The van der Waals surface area contributed by atoms with E-state index in [0.29, 0.717) is 80.0 Å². The molecule has 3 atom stereocenters. The molecule has 10 nitrogen and oxygen atoms in total. The fraction of sp³-hybridized carbons (Fsp3) is 0.350. The van der Waals surface area contributed by atoms with Gasteiger partial charge in [0.05, 0.1) is 7.11 Å². The minimum absolute atomic E-state index is 0. The average molecular weight is 697 g/mol. The summed E-state index contributed by atoms with van der Waals surface area (Å²) in [5.74, 6) is -3.30. The molecular formula is C40H40MgN4O6-2. The molecular weight excluding hydrogens is 657 g/mol. The van der Waals surface area contributed by atoms with Gasteiger partial charge in [-0.05, 0) is 64.0 Å². The number of hydrogen-bond donors (Lipinski definition) is 0. The summed E-state index contributed by atoms with van der Waals surface area (Å²) in [5, 5.41) is 6.17. The fourth-order valence-electron chi connectivity index (χ4n) is 7.24. The quantitative estimate of drug-likeness (QED) is 0.104. The Balaban J connectivity index is 0.00000504. The van der Waals surface area contributed by atoms with Gasteiger partial charge < -0.3 is 29.7 Å². The molecule has 3 aromatic heterocycles. The van der Waals surface area contributed by atoms with Gasteiger partial charge in [-0.2, -0.15) is 11.4 Å². The Morgan fingerprint density at radius 1 is 0.980 bits per heavy atom. The molecule has 0 aromatic carbocycles. The first kappa shape index (κ1) is 37.6. The first-order valence-corrected chi connectivity index (χ1v) is 16.8. The molecule has 1 aliphatic carbocycles. The van der Waals surface area contributed by atoms with E-state index in [9.17, 15) is 19.2 Å². The van der Waals surface area contributed by atoms with Gasteiger partial charge in [0.15, 0.2) is 5.78 Å². The van der Waals surface area contributed by atoms with Gasteiger partial charge in [0.2, 0.25) is 0 Å². The van der Waals surface area contributed by atoms with Crippen molar-refractivity contribution in [3.63, 3.8) is 0 Å². The van der Waals surface area contributed by atoms with E-state index in [1.165, 1.54) is 7.11 Å². The largest absolute Gasteiger partial charge is 2.00 e. The predicted octanol–water partition coefficient (Wildman–Crippen LogP) is 4.45. The van der Waals surface area contributed by atoms with Crippen LogP contribution in [0.5, 0.6) is 0 Å². The molecule has 3 aromatic rings. The van der Waals surface area contributed by atoms with Crippen molar-refractivity contribution in [3.05, 3.63) is 102 Å². The summed E-state index contributed by atoms with van der Waals surface area (Å²) >= 11 is 0. The van der Waals surface area contributed by atoms with Crippen molar-refractivity contribution in [2.75, 3.05) is 13.7 Å². The van der Waals surface area contributed by atoms with Crippen LogP contribution in [0.3, 0.4) is 0 Å². The van der Waals surface area contributed by atoms with Crippen LogP contribution in [0.25, 0.3) is 35.2 Å². The molecule has 0 N–H and O–H groups in total. The number of rotatable bonds is 9. The number of aldehydes is 1. The monoisotopic (exact) mass is 696 g/mol. The summed E-state index contributed by atoms with van der Waals surface area (Å²) in [4.78, 5) is 67.6. The van der Waals surface area contributed by atoms with E-state index in [-0.39, 0.29) is 53.9 Å². The van der Waals surface area contributed by atoms with Crippen molar-refractivity contribution in [2.45, 2.75) is 60.8 Å². The smallest absolute Gasteiger partial charge is 0.664 e. The zero-order valence-corrected chi connectivity index (χ0v) is 31.6. The standard InChI is InChI=1S/C40H41N4O6.Mg/c1-9-23-20(5)27-15-28-21(6)25(11-12-33(46)50-14-13-19(3)4)37(43-28)35-36(40(48)49-8)39(47)34-22(7)29(44-38(34)35)16-31-24(10-2)26(18-45)32(42-31)17-30(23)41-27;/h9,13,15-18,21,25,36H,1,10-12,14H2,2-8H3,(H-,43,44,45,47);/q-3;+2/p-1/b28-15-,32-17-;/t21-,25-,36+;/m0./s1. The fourth-order valence-corrected chi connectivity index (χ4v) is 7.24. The number of methoxy groups -OCH3 is 1. The Labute approximate surface area is 313 Å². The summed E-state index contributed by atoms with van der Waals surface area (Å²) < 4.78 is 10.6. The molecule has 0 spiro atoms. The summed E-state index contributed by atoms with van der Waals surface area (Å²) in [6.07, 6.45) is 10.9. The molecule has 1 saturated heterocycles. The van der Waals surface area contributed by atoms with E-state index < -0.39 is 17.7 Å². The predicted molar refractivity (Wildman–Crippen MR) is 196 cm³/mol. The number of hydrogen-bond acceptors (Lipinski definition) is 6.